The number of benzene rings is 2. The van der Waals surface area contributed by atoms with Gasteiger partial charge in [-0.25, -0.2) is 0 Å². The van der Waals surface area contributed by atoms with Gasteiger partial charge in [0.1, 0.15) is 5.75 Å². The van der Waals surface area contributed by atoms with Crippen LogP contribution in [0.3, 0.4) is 0 Å². The summed E-state index contributed by atoms with van der Waals surface area (Å²) in [6.07, 6.45) is 0.806. The highest BCUT2D eigenvalue weighted by Gasteiger charge is 2.24. The maximum absolute atomic E-state index is 6.63. The molecule has 0 radical (unpaired) electrons. The van der Waals surface area contributed by atoms with E-state index in [2.05, 4.69) is 52.0 Å². The van der Waals surface area contributed by atoms with Crippen LogP contribution in [-0.2, 0) is 12.0 Å². The van der Waals surface area contributed by atoms with Gasteiger partial charge in [-0.15, -0.1) is 0 Å². The van der Waals surface area contributed by atoms with Crippen LogP contribution in [0.15, 0.2) is 36.4 Å². The fourth-order valence-electron chi connectivity index (χ4n) is 2.84. The quantitative estimate of drug-likeness (QED) is 0.919. The van der Waals surface area contributed by atoms with Gasteiger partial charge in [-0.2, -0.15) is 0 Å². The van der Waals surface area contributed by atoms with E-state index in [1.54, 1.807) is 7.11 Å². The Hall–Kier alpha value is -1.80. The lowest BCUT2D eigenvalue weighted by Gasteiger charge is -2.28. The van der Waals surface area contributed by atoms with Gasteiger partial charge in [0.15, 0.2) is 0 Å². The maximum Gasteiger partial charge on any atom is 0.118 e. The zero-order chi connectivity index (χ0) is 15.6. The predicted molar refractivity (Wildman–Crippen MR) is 88.9 cm³/mol. The number of nitrogens with two attached hydrogens (primary N) is 1. The average molecular weight is 283 g/mol. The Morgan fingerprint density at radius 2 is 1.52 bits per heavy atom. The minimum absolute atomic E-state index is 0.378. The van der Waals surface area contributed by atoms with Crippen LogP contribution < -0.4 is 10.5 Å². The Balaban J connectivity index is 2.30. The summed E-state index contributed by atoms with van der Waals surface area (Å²) in [5, 5.41) is 0. The number of hydrogen-bond acceptors (Lipinski definition) is 2. The molecule has 0 amide bonds. The maximum atomic E-state index is 6.63. The molecule has 2 heteroatoms. The molecule has 0 saturated heterocycles. The van der Waals surface area contributed by atoms with Gasteiger partial charge in [0.05, 0.1) is 7.11 Å². The summed E-state index contributed by atoms with van der Waals surface area (Å²) < 4.78 is 5.20. The van der Waals surface area contributed by atoms with E-state index < -0.39 is 0 Å². The summed E-state index contributed by atoms with van der Waals surface area (Å²) in [6.45, 7) is 8.53. The van der Waals surface area contributed by atoms with Crippen LogP contribution >= 0.6 is 0 Å². The van der Waals surface area contributed by atoms with Crippen molar-refractivity contribution in [1.29, 1.82) is 0 Å². The molecule has 0 spiro atoms. The van der Waals surface area contributed by atoms with E-state index in [-0.39, 0.29) is 5.54 Å². The zero-order valence-corrected chi connectivity index (χ0v) is 13.7. The zero-order valence-electron chi connectivity index (χ0n) is 13.7. The summed E-state index contributed by atoms with van der Waals surface area (Å²) >= 11 is 0. The average Bonchev–Trinajstić information content (AvgIpc) is 2.43. The van der Waals surface area contributed by atoms with Crippen molar-refractivity contribution in [2.75, 3.05) is 7.11 Å². The second kappa shape index (κ2) is 5.90. The van der Waals surface area contributed by atoms with Gasteiger partial charge >= 0.3 is 0 Å². The first-order valence-electron chi connectivity index (χ1n) is 7.33. The minimum Gasteiger partial charge on any atom is -0.497 e. The van der Waals surface area contributed by atoms with Crippen molar-refractivity contribution in [3.8, 4) is 5.75 Å². The van der Waals surface area contributed by atoms with E-state index in [9.17, 15) is 0 Å². The molecule has 0 aliphatic rings. The molecule has 2 aromatic carbocycles. The summed E-state index contributed by atoms with van der Waals surface area (Å²) in [6, 6.07) is 12.6. The number of hydrogen-bond donors (Lipinski definition) is 1. The highest BCUT2D eigenvalue weighted by atomic mass is 16.5. The normalized spacial score (nSPS) is 13.8. The van der Waals surface area contributed by atoms with E-state index in [4.69, 9.17) is 10.5 Å². The minimum atomic E-state index is -0.378. The first-order chi connectivity index (χ1) is 9.83. The van der Waals surface area contributed by atoms with Gasteiger partial charge in [-0.1, -0.05) is 24.3 Å². The van der Waals surface area contributed by atoms with Crippen molar-refractivity contribution < 1.29 is 4.74 Å². The summed E-state index contributed by atoms with van der Waals surface area (Å²) in [5.41, 5.74) is 12.6. The predicted octanol–water partition coefficient (Wildman–Crippen LogP) is 4.04. The van der Waals surface area contributed by atoms with E-state index in [1.807, 2.05) is 12.1 Å². The van der Waals surface area contributed by atoms with Crippen LogP contribution in [0.2, 0.25) is 0 Å². The third-order valence-electron chi connectivity index (χ3n) is 4.19. The van der Waals surface area contributed by atoms with Crippen molar-refractivity contribution in [3.63, 3.8) is 0 Å². The van der Waals surface area contributed by atoms with Crippen molar-refractivity contribution in [3.05, 3.63) is 64.2 Å². The molecule has 2 rings (SSSR count). The number of ether oxygens (including phenoxy) is 1. The van der Waals surface area contributed by atoms with E-state index >= 15 is 0 Å². The van der Waals surface area contributed by atoms with Crippen molar-refractivity contribution in [1.82, 2.24) is 0 Å². The Labute approximate surface area is 127 Å². The van der Waals surface area contributed by atoms with Crippen molar-refractivity contribution in [2.45, 2.75) is 39.7 Å². The lowest BCUT2D eigenvalue weighted by molar-refractivity contribution is 0.414. The fraction of sp³-hybridized carbons (Fsp3) is 0.368. The molecular formula is C19H25NO. The third kappa shape index (κ3) is 3.45. The highest BCUT2D eigenvalue weighted by molar-refractivity contribution is 5.41. The SMILES string of the molecule is COc1ccc(CC(C)(N)c2cc(C)c(C)cc2C)cc1. The molecule has 0 fully saturated rings. The van der Waals surface area contributed by atoms with E-state index in [1.165, 1.54) is 27.8 Å². The van der Waals surface area contributed by atoms with Gasteiger partial charge in [0, 0.05) is 5.54 Å². The monoisotopic (exact) mass is 283 g/mol. The lowest BCUT2D eigenvalue weighted by Crippen LogP contribution is -2.36. The second-order valence-corrected chi connectivity index (χ2v) is 6.19. The summed E-state index contributed by atoms with van der Waals surface area (Å²) in [4.78, 5) is 0. The standard InChI is InChI=1S/C19H25NO/c1-13-10-15(3)18(11-14(13)2)19(4,20)12-16-6-8-17(21-5)9-7-16/h6-11H,12,20H2,1-5H3. The van der Waals surface area contributed by atoms with Crippen LogP contribution in [0.4, 0.5) is 0 Å². The Morgan fingerprint density at radius 1 is 0.952 bits per heavy atom. The molecule has 1 unspecified atom stereocenters. The van der Waals surface area contributed by atoms with Crippen LogP contribution in [0, 0.1) is 20.8 Å². The van der Waals surface area contributed by atoms with Gasteiger partial charge in [-0.3, -0.25) is 0 Å². The second-order valence-electron chi connectivity index (χ2n) is 6.19. The highest BCUT2D eigenvalue weighted by Crippen LogP contribution is 2.28. The molecular weight excluding hydrogens is 258 g/mol. The van der Waals surface area contributed by atoms with Crippen LogP contribution in [0.1, 0.15) is 34.7 Å². The van der Waals surface area contributed by atoms with Crippen LogP contribution in [0.25, 0.3) is 0 Å². The molecule has 21 heavy (non-hydrogen) atoms. The first kappa shape index (κ1) is 15.6. The van der Waals surface area contributed by atoms with Gasteiger partial charge in [0.2, 0.25) is 0 Å². The Kier molecular flexibility index (Phi) is 4.38. The molecule has 0 aliphatic carbocycles. The van der Waals surface area contributed by atoms with Crippen molar-refractivity contribution >= 4 is 0 Å². The van der Waals surface area contributed by atoms with Gasteiger partial charge in [0.25, 0.3) is 0 Å². The topological polar surface area (TPSA) is 35.2 Å². The molecule has 1 atom stereocenters. The number of aryl methyl sites for hydroxylation is 3. The smallest absolute Gasteiger partial charge is 0.118 e. The van der Waals surface area contributed by atoms with Crippen molar-refractivity contribution in [2.24, 2.45) is 5.73 Å². The van der Waals surface area contributed by atoms with Gasteiger partial charge in [-0.05, 0) is 74.1 Å². The number of methoxy groups -OCH3 is 1. The largest absolute Gasteiger partial charge is 0.497 e. The molecule has 0 aliphatic heterocycles. The van der Waals surface area contributed by atoms with E-state index in [0.29, 0.717) is 0 Å². The van der Waals surface area contributed by atoms with Crippen LogP contribution in [0.5, 0.6) is 5.75 Å². The third-order valence-corrected chi connectivity index (χ3v) is 4.19. The Bertz CT molecular complexity index is 627. The fourth-order valence-corrected chi connectivity index (χ4v) is 2.84. The van der Waals surface area contributed by atoms with E-state index in [0.717, 1.165) is 12.2 Å². The molecule has 0 bridgehead atoms. The molecule has 0 heterocycles. The summed E-state index contributed by atoms with van der Waals surface area (Å²) in [5.74, 6) is 0.875. The summed E-state index contributed by atoms with van der Waals surface area (Å²) in [7, 11) is 1.68. The molecule has 2 nitrogen and oxygen atoms in total. The molecule has 2 aromatic rings. The molecule has 0 saturated carbocycles. The Morgan fingerprint density at radius 3 is 2.10 bits per heavy atom. The molecule has 0 aromatic heterocycles. The van der Waals surface area contributed by atoms with Gasteiger partial charge < -0.3 is 10.5 Å². The molecule has 2 N–H and O–H groups in total. The molecule has 112 valence electrons. The number of rotatable bonds is 4. The lowest BCUT2D eigenvalue weighted by atomic mass is 9.82. The van der Waals surface area contributed by atoms with Crippen LogP contribution in [-0.4, -0.2) is 7.11 Å². The first-order valence-corrected chi connectivity index (χ1v) is 7.33.